The largest absolute Gasteiger partial charge is 0.468 e. The molecule has 2 aromatic rings. The van der Waals surface area contributed by atoms with Crippen LogP contribution in [0.25, 0.3) is 0 Å². The predicted octanol–water partition coefficient (Wildman–Crippen LogP) is 2.25. The number of nitrogens with zero attached hydrogens (tertiary/aromatic N) is 2. The summed E-state index contributed by atoms with van der Waals surface area (Å²) >= 11 is 4.91. The first-order valence-electron chi connectivity index (χ1n) is 5.51. The number of hydrogen-bond acceptors (Lipinski definition) is 4. The van der Waals surface area contributed by atoms with Crippen molar-refractivity contribution in [1.82, 2.24) is 9.97 Å². The van der Waals surface area contributed by atoms with Gasteiger partial charge in [-0.25, -0.2) is 9.97 Å². The van der Waals surface area contributed by atoms with Crippen LogP contribution in [0.2, 0.25) is 0 Å². The third-order valence-corrected chi connectivity index (χ3v) is 2.65. The maximum Gasteiger partial charge on any atom is 0.243 e. The second-order valence-corrected chi connectivity index (χ2v) is 4.18. The third-order valence-electron chi connectivity index (χ3n) is 2.46. The van der Waals surface area contributed by atoms with E-state index in [9.17, 15) is 0 Å². The topological polar surface area (TPSA) is 61.0 Å². The number of hydrogen-bond donors (Lipinski definition) is 1. The van der Waals surface area contributed by atoms with E-state index in [1.807, 2.05) is 37.3 Å². The Morgan fingerprint density at radius 3 is 2.56 bits per heavy atom. The molecule has 2 rings (SSSR count). The van der Waals surface area contributed by atoms with Crippen molar-refractivity contribution in [2.24, 2.45) is 5.73 Å². The fraction of sp³-hybridized carbons (Fsp3) is 0.154. The predicted molar refractivity (Wildman–Crippen MR) is 73.4 cm³/mol. The van der Waals surface area contributed by atoms with Gasteiger partial charge in [0, 0.05) is 12.4 Å². The molecule has 92 valence electrons. The van der Waals surface area contributed by atoms with Crippen molar-refractivity contribution in [3.05, 3.63) is 54.0 Å². The van der Waals surface area contributed by atoms with Crippen LogP contribution < -0.4 is 10.5 Å². The Hall–Kier alpha value is -2.01. The number of aromatic nitrogens is 2. The Balaban J connectivity index is 2.22. The second-order valence-electron chi connectivity index (χ2n) is 3.75. The van der Waals surface area contributed by atoms with Crippen LogP contribution >= 0.6 is 12.2 Å². The minimum absolute atomic E-state index is 0.143. The van der Waals surface area contributed by atoms with E-state index in [-0.39, 0.29) is 11.1 Å². The summed E-state index contributed by atoms with van der Waals surface area (Å²) in [4.78, 5) is 8.36. The molecule has 1 aromatic carbocycles. The van der Waals surface area contributed by atoms with Crippen molar-refractivity contribution in [2.45, 2.75) is 13.0 Å². The lowest BCUT2D eigenvalue weighted by Gasteiger charge is -2.15. The van der Waals surface area contributed by atoms with Crippen LogP contribution in [0, 0.1) is 0 Å². The first-order chi connectivity index (χ1) is 8.68. The van der Waals surface area contributed by atoms with Gasteiger partial charge in [0.05, 0.1) is 0 Å². The highest BCUT2D eigenvalue weighted by Crippen LogP contribution is 2.21. The summed E-state index contributed by atoms with van der Waals surface area (Å²) in [6, 6.07) is 9.85. The molecular formula is C13H13N3OS. The van der Waals surface area contributed by atoms with Gasteiger partial charge in [-0.1, -0.05) is 42.5 Å². The van der Waals surface area contributed by atoms with E-state index in [2.05, 4.69) is 9.97 Å². The highest BCUT2D eigenvalue weighted by Gasteiger charge is 2.13. The molecule has 4 nitrogen and oxygen atoms in total. The van der Waals surface area contributed by atoms with Crippen LogP contribution in [-0.4, -0.2) is 15.0 Å². The van der Waals surface area contributed by atoms with E-state index in [0.29, 0.717) is 11.6 Å². The molecule has 0 saturated heterocycles. The van der Waals surface area contributed by atoms with E-state index in [1.54, 1.807) is 6.20 Å². The maximum atomic E-state index is 5.75. The third kappa shape index (κ3) is 2.81. The van der Waals surface area contributed by atoms with Gasteiger partial charge in [-0.3, -0.25) is 0 Å². The average Bonchev–Trinajstić information content (AvgIpc) is 2.40. The van der Waals surface area contributed by atoms with Crippen LogP contribution in [0.1, 0.15) is 24.3 Å². The van der Waals surface area contributed by atoms with E-state index < -0.39 is 0 Å². The summed E-state index contributed by atoms with van der Waals surface area (Å²) in [7, 11) is 0. The molecule has 18 heavy (non-hydrogen) atoms. The second kappa shape index (κ2) is 5.55. The number of ether oxygens (including phenoxy) is 1. The number of rotatable bonds is 4. The molecule has 1 heterocycles. The monoisotopic (exact) mass is 259 g/mol. The van der Waals surface area contributed by atoms with Gasteiger partial charge < -0.3 is 10.5 Å². The zero-order valence-corrected chi connectivity index (χ0v) is 10.7. The van der Waals surface area contributed by atoms with Crippen molar-refractivity contribution in [3.8, 4) is 5.88 Å². The summed E-state index contributed by atoms with van der Waals surface area (Å²) in [5.41, 5.74) is 7.04. The molecule has 0 aliphatic carbocycles. The van der Waals surface area contributed by atoms with E-state index in [4.69, 9.17) is 22.7 Å². The zero-order chi connectivity index (χ0) is 13.0. The molecule has 1 unspecified atom stereocenters. The number of thiocarbonyl (C=S) groups is 1. The molecule has 0 aliphatic rings. The number of benzene rings is 1. The molecule has 1 aromatic heterocycles. The normalized spacial score (nSPS) is 11.8. The van der Waals surface area contributed by atoms with E-state index >= 15 is 0 Å². The Kier molecular flexibility index (Phi) is 3.84. The molecule has 0 spiro atoms. The lowest BCUT2D eigenvalue weighted by atomic mass is 10.1. The molecule has 0 bridgehead atoms. The van der Waals surface area contributed by atoms with Gasteiger partial charge >= 0.3 is 0 Å². The SMILES string of the molecule is CC(Oc1nccnc1C(N)=S)c1ccccc1. The molecule has 0 fully saturated rings. The first kappa shape index (κ1) is 12.4. The van der Waals surface area contributed by atoms with Gasteiger partial charge in [-0.05, 0) is 12.5 Å². The van der Waals surface area contributed by atoms with Gasteiger partial charge in [-0.2, -0.15) is 0 Å². The molecule has 0 saturated carbocycles. The first-order valence-corrected chi connectivity index (χ1v) is 5.91. The van der Waals surface area contributed by atoms with Crippen molar-refractivity contribution < 1.29 is 4.74 Å². The summed E-state index contributed by atoms with van der Waals surface area (Å²) in [6.45, 7) is 1.94. The molecule has 2 N–H and O–H groups in total. The van der Waals surface area contributed by atoms with Gasteiger partial charge in [0.2, 0.25) is 5.88 Å². The lowest BCUT2D eigenvalue weighted by Crippen LogP contribution is -2.15. The zero-order valence-electron chi connectivity index (χ0n) is 9.91. The van der Waals surface area contributed by atoms with Crippen LogP contribution in [-0.2, 0) is 0 Å². The Bertz CT molecular complexity index is 545. The molecule has 0 aliphatic heterocycles. The standard InChI is InChI=1S/C13H13N3OS/c1-9(10-5-3-2-4-6-10)17-13-11(12(14)18)15-7-8-16-13/h2-9H,1H3,(H2,14,18). The van der Waals surface area contributed by atoms with Crippen LogP contribution in [0.5, 0.6) is 5.88 Å². The lowest BCUT2D eigenvalue weighted by molar-refractivity contribution is 0.216. The van der Waals surface area contributed by atoms with Crippen molar-refractivity contribution in [2.75, 3.05) is 0 Å². The molecule has 1 atom stereocenters. The highest BCUT2D eigenvalue weighted by atomic mass is 32.1. The van der Waals surface area contributed by atoms with Gasteiger partial charge in [0.1, 0.15) is 11.1 Å². The summed E-state index contributed by atoms with van der Waals surface area (Å²) in [5, 5.41) is 0. The smallest absolute Gasteiger partial charge is 0.243 e. The summed E-state index contributed by atoms with van der Waals surface area (Å²) in [5.74, 6) is 0.362. The van der Waals surface area contributed by atoms with Gasteiger partial charge in [-0.15, -0.1) is 0 Å². The molecule has 0 radical (unpaired) electrons. The Labute approximate surface area is 111 Å². The Morgan fingerprint density at radius 1 is 1.22 bits per heavy atom. The van der Waals surface area contributed by atoms with Crippen LogP contribution in [0.4, 0.5) is 0 Å². The molecule has 5 heteroatoms. The van der Waals surface area contributed by atoms with E-state index in [0.717, 1.165) is 5.56 Å². The highest BCUT2D eigenvalue weighted by molar-refractivity contribution is 7.80. The van der Waals surface area contributed by atoms with Gasteiger partial charge in [0.15, 0.2) is 5.69 Å². The fourth-order valence-corrected chi connectivity index (χ4v) is 1.68. The maximum absolute atomic E-state index is 5.75. The van der Waals surface area contributed by atoms with E-state index in [1.165, 1.54) is 6.20 Å². The van der Waals surface area contributed by atoms with Crippen molar-refractivity contribution in [3.63, 3.8) is 0 Å². The van der Waals surface area contributed by atoms with Crippen molar-refractivity contribution >= 4 is 17.2 Å². The average molecular weight is 259 g/mol. The van der Waals surface area contributed by atoms with Gasteiger partial charge in [0.25, 0.3) is 0 Å². The Morgan fingerprint density at radius 2 is 1.89 bits per heavy atom. The fourth-order valence-electron chi connectivity index (χ4n) is 1.54. The minimum Gasteiger partial charge on any atom is -0.468 e. The summed E-state index contributed by atoms with van der Waals surface area (Å²) in [6.07, 6.45) is 2.94. The quantitative estimate of drug-likeness (QED) is 0.853. The van der Waals surface area contributed by atoms with Crippen LogP contribution in [0.15, 0.2) is 42.7 Å². The number of nitrogens with two attached hydrogens (primary N) is 1. The summed E-state index contributed by atoms with van der Waals surface area (Å²) < 4.78 is 5.75. The molecule has 0 amide bonds. The van der Waals surface area contributed by atoms with Crippen molar-refractivity contribution in [1.29, 1.82) is 0 Å². The molecular weight excluding hydrogens is 246 g/mol. The minimum atomic E-state index is -0.143. The van der Waals surface area contributed by atoms with Crippen LogP contribution in [0.3, 0.4) is 0 Å².